The Bertz CT molecular complexity index is 741. The van der Waals surface area contributed by atoms with Gasteiger partial charge in [-0.2, -0.15) is 0 Å². The first kappa shape index (κ1) is 25.7. The minimum atomic E-state index is -1.04. The van der Waals surface area contributed by atoms with E-state index in [1.807, 2.05) is 0 Å². The highest BCUT2D eigenvalue weighted by atomic mass is 35.5. The molecule has 30 heavy (non-hydrogen) atoms. The van der Waals surface area contributed by atoms with E-state index in [0.29, 0.717) is 30.2 Å². The number of aliphatic hydroxyl groups excluding tert-OH is 3. The minimum absolute atomic E-state index is 0.0324. The second-order valence-electron chi connectivity index (χ2n) is 6.55. The molecule has 1 aromatic rings. The van der Waals surface area contributed by atoms with E-state index in [9.17, 15) is 20.1 Å². The summed E-state index contributed by atoms with van der Waals surface area (Å²) in [7, 11) is 0. The van der Waals surface area contributed by atoms with Crippen molar-refractivity contribution >= 4 is 17.6 Å². The molecule has 7 heteroatoms. The van der Waals surface area contributed by atoms with E-state index in [0.717, 1.165) is 0 Å². The van der Waals surface area contributed by atoms with E-state index in [2.05, 4.69) is 0 Å². The highest BCUT2D eigenvalue weighted by Crippen LogP contribution is 2.17. The summed E-state index contributed by atoms with van der Waals surface area (Å²) in [5, 5.41) is 38.5. The van der Waals surface area contributed by atoms with E-state index < -0.39 is 24.3 Å². The zero-order chi connectivity index (χ0) is 22.2. The maximum Gasteiger partial charge on any atom is 0.303 e. The van der Waals surface area contributed by atoms with Gasteiger partial charge in [0.25, 0.3) is 0 Å². The van der Waals surface area contributed by atoms with Crippen LogP contribution in [0.3, 0.4) is 0 Å². The summed E-state index contributed by atoms with van der Waals surface area (Å²) in [6, 6.07) is 7.08. The van der Waals surface area contributed by atoms with Crippen molar-refractivity contribution < 1.29 is 30.0 Å². The molecule has 0 saturated carbocycles. The summed E-state index contributed by atoms with van der Waals surface area (Å²) < 4.78 is 5.52. The molecule has 1 aromatic carbocycles. The van der Waals surface area contributed by atoms with Crippen LogP contribution in [0.5, 0.6) is 5.75 Å². The lowest BCUT2D eigenvalue weighted by Crippen LogP contribution is -2.23. The molecule has 1 rings (SSSR count). The van der Waals surface area contributed by atoms with Gasteiger partial charge in [-0.15, -0.1) is 0 Å². The second kappa shape index (κ2) is 15.5. The van der Waals surface area contributed by atoms with Gasteiger partial charge in [-0.25, -0.2) is 0 Å². The Hall–Kier alpha value is -2.38. The minimum Gasteiger partial charge on any atom is -0.493 e. The molecule has 0 unspecified atom stereocenters. The summed E-state index contributed by atoms with van der Waals surface area (Å²) in [4.78, 5) is 10.4. The number of rotatable bonds is 14. The number of allylic oxidation sites excluding steroid dienone is 6. The average molecular weight is 437 g/mol. The van der Waals surface area contributed by atoms with Crippen LogP contribution in [0.1, 0.15) is 25.7 Å². The summed E-state index contributed by atoms with van der Waals surface area (Å²) in [5.74, 6) is -0.260. The lowest BCUT2D eigenvalue weighted by Gasteiger charge is -2.13. The molecule has 3 atom stereocenters. The van der Waals surface area contributed by atoms with Crippen LogP contribution in [0.25, 0.3) is 0 Å². The lowest BCUT2D eigenvalue weighted by molar-refractivity contribution is -0.137. The first-order valence-electron chi connectivity index (χ1n) is 9.71. The van der Waals surface area contributed by atoms with Crippen LogP contribution in [0.2, 0.25) is 5.02 Å². The van der Waals surface area contributed by atoms with E-state index in [1.165, 1.54) is 6.08 Å². The van der Waals surface area contributed by atoms with E-state index in [-0.39, 0.29) is 12.8 Å². The summed E-state index contributed by atoms with van der Waals surface area (Å²) in [6.07, 6.45) is 11.6. The standard InChI is InChI=1S/C23H29ClO6/c24-18-9-7-11-20(17-18)30-16-15-19(25)10-5-3-1-2-4-6-12-21(26)22(27)13-8-14-23(28)29/h1-7,9-12,17,19,21-22,25-27H,8,13-16H2,(H,28,29)/t19-,21-,22+/m1/s1. The number of hydrogen-bond donors (Lipinski definition) is 4. The first-order valence-corrected chi connectivity index (χ1v) is 10.1. The van der Waals surface area contributed by atoms with Gasteiger partial charge in [-0.1, -0.05) is 66.3 Å². The SMILES string of the molecule is O=C(O)CCC[C@H](O)[C@H](O)C=CC=CC=CC=C[C@@H](O)CCOc1cccc(Cl)c1. The molecule has 0 aromatic heterocycles. The number of hydrogen-bond acceptors (Lipinski definition) is 5. The Morgan fingerprint density at radius 2 is 1.67 bits per heavy atom. The highest BCUT2D eigenvalue weighted by molar-refractivity contribution is 6.30. The predicted octanol–water partition coefficient (Wildman–Crippen LogP) is 3.67. The van der Waals surface area contributed by atoms with Gasteiger partial charge in [0.05, 0.1) is 24.9 Å². The van der Waals surface area contributed by atoms with Crippen LogP contribution >= 0.6 is 11.6 Å². The van der Waals surface area contributed by atoms with E-state index in [1.54, 1.807) is 66.8 Å². The van der Waals surface area contributed by atoms with Crippen molar-refractivity contribution in [2.24, 2.45) is 0 Å². The average Bonchev–Trinajstić information content (AvgIpc) is 2.69. The molecule has 164 valence electrons. The molecule has 0 heterocycles. The van der Waals surface area contributed by atoms with Crippen molar-refractivity contribution in [3.05, 3.63) is 77.9 Å². The third-order valence-electron chi connectivity index (χ3n) is 3.96. The number of carbonyl (C=O) groups is 1. The Balaban J connectivity index is 2.21. The zero-order valence-corrected chi connectivity index (χ0v) is 17.4. The number of carboxylic acid groups (broad SMARTS) is 1. The molecule has 0 fully saturated rings. The zero-order valence-electron chi connectivity index (χ0n) is 16.7. The summed E-state index contributed by atoms with van der Waals surface area (Å²) in [6.45, 7) is 0.366. The van der Waals surface area contributed by atoms with E-state index in [4.69, 9.17) is 21.4 Å². The number of halogens is 1. The fraction of sp³-hybridized carbons (Fsp3) is 0.348. The number of aliphatic hydroxyl groups is 3. The Kier molecular flexibility index (Phi) is 13.2. The highest BCUT2D eigenvalue weighted by Gasteiger charge is 2.12. The van der Waals surface area contributed by atoms with Crippen LogP contribution in [-0.2, 0) is 4.79 Å². The van der Waals surface area contributed by atoms with Crippen molar-refractivity contribution in [1.29, 1.82) is 0 Å². The van der Waals surface area contributed by atoms with Gasteiger partial charge < -0.3 is 25.2 Å². The predicted molar refractivity (Wildman–Crippen MR) is 118 cm³/mol. The first-order chi connectivity index (χ1) is 14.4. The normalized spacial score (nSPS) is 15.3. The Morgan fingerprint density at radius 3 is 2.33 bits per heavy atom. The Morgan fingerprint density at radius 1 is 1.00 bits per heavy atom. The van der Waals surface area contributed by atoms with E-state index >= 15 is 0 Å². The van der Waals surface area contributed by atoms with Gasteiger partial charge in [-0.05, 0) is 31.0 Å². The number of benzene rings is 1. The molecular formula is C23H29ClO6. The van der Waals surface area contributed by atoms with Crippen molar-refractivity contribution in [2.45, 2.75) is 44.0 Å². The largest absolute Gasteiger partial charge is 0.493 e. The molecule has 0 spiro atoms. The van der Waals surface area contributed by atoms with Crippen LogP contribution in [0.15, 0.2) is 72.9 Å². The summed E-state index contributed by atoms with van der Waals surface area (Å²) in [5.41, 5.74) is 0. The molecule has 0 aliphatic heterocycles. The molecule has 6 nitrogen and oxygen atoms in total. The van der Waals surface area contributed by atoms with Crippen LogP contribution in [0.4, 0.5) is 0 Å². The van der Waals surface area contributed by atoms with Gasteiger partial charge in [0.15, 0.2) is 0 Å². The number of ether oxygens (including phenoxy) is 1. The fourth-order valence-electron chi connectivity index (χ4n) is 2.34. The topological polar surface area (TPSA) is 107 Å². The van der Waals surface area contributed by atoms with Crippen molar-refractivity contribution in [3.8, 4) is 5.75 Å². The van der Waals surface area contributed by atoms with Crippen molar-refractivity contribution in [3.63, 3.8) is 0 Å². The van der Waals surface area contributed by atoms with Crippen LogP contribution in [-0.4, -0.2) is 51.3 Å². The van der Waals surface area contributed by atoms with Crippen LogP contribution < -0.4 is 4.74 Å². The maximum atomic E-state index is 10.4. The summed E-state index contributed by atoms with van der Waals surface area (Å²) >= 11 is 5.87. The molecule has 0 saturated heterocycles. The second-order valence-corrected chi connectivity index (χ2v) is 6.98. The fourth-order valence-corrected chi connectivity index (χ4v) is 2.52. The maximum absolute atomic E-state index is 10.4. The molecule has 0 aliphatic carbocycles. The monoisotopic (exact) mass is 436 g/mol. The lowest BCUT2D eigenvalue weighted by atomic mass is 10.1. The van der Waals surface area contributed by atoms with Gasteiger partial charge in [0.1, 0.15) is 5.75 Å². The van der Waals surface area contributed by atoms with Crippen molar-refractivity contribution in [2.75, 3.05) is 6.61 Å². The molecular weight excluding hydrogens is 408 g/mol. The molecule has 4 N–H and O–H groups in total. The van der Waals surface area contributed by atoms with Gasteiger partial charge >= 0.3 is 5.97 Å². The molecule has 0 amide bonds. The number of carboxylic acids is 1. The third kappa shape index (κ3) is 13.0. The smallest absolute Gasteiger partial charge is 0.303 e. The number of aliphatic carboxylic acids is 1. The third-order valence-corrected chi connectivity index (χ3v) is 4.20. The van der Waals surface area contributed by atoms with Crippen LogP contribution in [0, 0.1) is 0 Å². The van der Waals surface area contributed by atoms with Gasteiger partial charge in [-0.3, -0.25) is 4.79 Å². The van der Waals surface area contributed by atoms with Gasteiger partial charge in [0, 0.05) is 17.9 Å². The van der Waals surface area contributed by atoms with Crippen molar-refractivity contribution in [1.82, 2.24) is 0 Å². The molecule has 0 radical (unpaired) electrons. The quantitative estimate of drug-likeness (QED) is 0.331. The van der Waals surface area contributed by atoms with Gasteiger partial charge in [0.2, 0.25) is 0 Å². The molecule has 0 aliphatic rings. The Labute approximate surface area is 182 Å². The molecule has 0 bridgehead atoms.